The first-order chi connectivity index (χ1) is 10.6. The van der Waals surface area contributed by atoms with E-state index in [0.29, 0.717) is 6.54 Å². The number of thiophene rings is 1. The molecule has 1 amide bonds. The fraction of sp³-hybridized carbons (Fsp3) is 0.188. The third-order valence-corrected chi connectivity index (χ3v) is 4.25. The Balaban J connectivity index is 1.69. The lowest BCUT2D eigenvalue weighted by atomic mass is 10.1. The summed E-state index contributed by atoms with van der Waals surface area (Å²) < 4.78 is 1.75. The zero-order valence-electron chi connectivity index (χ0n) is 12.4. The lowest BCUT2D eigenvalue weighted by Crippen LogP contribution is -2.21. The van der Waals surface area contributed by atoms with Gasteiger partial charge in [-0.15, -0.1) is 11.3 Å². The summed E-state index contributed by atoms with van der Waals surface area (Å²) in [5.74, 6) is -0.0510. The normalized spacial score (nSPS) is 10.6. The van der Waals surface area contributed by atoms with Gasteiger partial charge in [-0.3, -0.25) is 14.5 Å². The predicted octanol–water partition coefficient (Wildman–Crippen LogP) is 2.78. The Morgan fingerprint density at radius 1 is 1.27 bits per heavy atom. The SMILES string of the molecule is Cc1ccc(C(=O)NCc2cncc(-c3cnn(C)c3)c2)s1. The van der Waals surface area contributed by atoms with Crippen molar-refractivity contribution in [3.8, 4) is 11.1 Å². The van der Waals surface area contributed by atoms with E-state index in [2.05, 4.69) is 15.4 Å². The molecule has 0 aliphatic carbocycles. The van der Waals surface area contributed by atoms with Crippen LogP contribution in [0, 0.1) is 6.92 Å². The van der Waals surface area contributed by atoms with Gasteiger partial charge in [0.15, 0.2) is 0 Å². The number of rotatable bonds is 4. The van der Waals surface area contributed by atoms with Crippen molar-refractivity contribution >= 4 is 17.2 Å². The summed E-state index contributed by atoms with van der Waals surface area (Å²) in [6.07, 6.45) is 7.30. The second kappa shape index (κ2) is 6.11. The lowest BCUT2D eigenvalue weighted by molar-refractivity contribution is 0.0955. The topological polar surface area (TPSA) is 59.8 Å². The van der Waals surface area contributed by atoms with Gasteiger partial charge in [0.05, 0.1) is 11.1 Å². The molecule has 3 rings (SSSR count). The van der Waals surface area contributed by atoms with E-state index >= 15 is 0 Å². The maximum absolute atomic E-state index is 12.1. The highest BCUT2D eigenvalue weighted by molar-refractivity contribution is 7.13. The molecule has 0 unspecified atom stereocenters. The van der Waals surface area contributed by atoms with E-state index in [1.54, 1.807) is 23.3 Å². The van der Waals surface area contributed by atoms with Gasteiger partial charge in [-0.25, -0.2) is 0 Å². The van der Waals surface area contributed by atoms with Gasteiger partial charge in [-0.05, 0) is 30.7 Å². The Labute approximate surface area is 132 Å². The maximum Gasteiger partial charge on any atom is 0.261 e. The molecule has 0 saturated carbocycles. The third kappa shape index (κ3) is 3.23. The van der Waals surface area contributed by atoms with Gasteiger partial charge < -0.3 is 5.32 Å². The maximum atomic E-state index is 12.1. The summed E-state index contributed by atoms with van der Waals surface area (Å²) in [7, 11) is 1.88. The van der Waals surface area contributed by atoms with Crippen LogP contribution >= 0.6 is 11.3 Å². The number of amides is 1. The van der Waals surface area contributed by atoms with Crippen LogP contribution in [0.3, 0.4) is 0 Å². The molecule has 0 fully saturated rings. The number of carbonyl (C=O) groups is 1. The summed E-state index contributed by atoms with van der Waals surface area (Å²) in [6, 6.07) is 5.81. The summed E-state index contributed by atoms with van der Waals surface area (Å²) >= 11 is 1.50. The van der Waals surface area contributed by atoms with Crippen LogP contribution < -0.4 is 5.32 Å². The summed E-state index contributed by atoms with van der Waals surface area (Å²) in [4.78, 5) is 18.2. The summed E-state index contributed by atoms with van der Waals surface area (Å²) in [5.41, 5.74) is 2.96. The van der Waals surface area contributed by atoms with Crippen molar-refractivity contribution in [1.29, 1.82) is 0 Å². The quantitative estimate of drug-likeness (QED) is 0.806. The van der Waals surface area contributed by atoms with E-state index in [4.69, 9.17) is 0 Å². The molecule has 0 bridgehead atoms. The number of aryl methyl sites for hydroxylation is 2. The van der Waals surface area contributed by atoms with Crippen molar-refractivity contribution in [1.82, 2.24) is 20.1 Å². The number of nitrogens with one attached hydrogen (secondary N) is 1. The van der Waals surface area contributed by atoms with Crippen LogP contribution in [0.15, 0.2) is 43.0 Å². The fourth-order valence-electron chi connectivity index (χ4n) is 2.14. The van der Waals surface area contributed by atoms with Crippen molar-refractivity contribution in [3.63, 3.8) is 0 Å². The third-order valence-electron chi connectivity index (χ3n) is 3.25. The molecular formula is C16H16N4OS. The molecule has 3 heterocycles. The molecule has 0 aliphatic heterocycles. The Kier molecular flexibility index (Phi) is 4.02. The van der Waals surface area contributed by atoms with E-state index in [1.165, 1.54) is 11.3 Å². The highest BCUT2D eigenvalue weighted by Crippen LogP contribution is 2.18. The smallest absolute Gasteiger partial charge is 0.261 e. The molecule has 112 valence electrons. The Bertz CT molecular complexity index is 806. The first-order valence-electron chi connectivity index (χ1n) is 6.89. The predicted molar refractivity (Wildman–Crippen MR) is 86.7 cm³/mol. The molecule has 0 aromatic carbocycles. The van der Waals surface area contributed by atoms with Crippen LogP contribution in [-0.2, 0) is 13.6 Å². The molecule has 22 heavy (non-hydrogen) atoms. The van der Waals surface area contributed by atoms with Crippen molar-refractivity contribution in [2.75, 3.05) is 0 Å². The molecule has 0 radical (unpaired) electrons. The van der Waals surface area contributed by atoms with Gasteiger partial charge in [0.2, 0.25) is 0 Å². The van der Waals surface area contributed by atoms with Crippen molar-refractivity contribution in [3.05, 3.63) is 58.3 Å². The lowest BCUT2D eigenvalue weighted by Gasteiger charge is -2.05. The van der Waals surface area contributed by atoms with Crippen LogP contribution in [0.4, 0.5) is 0 Å². The minimum atomic E-state index is -0.0510. The van der Waals surface area contributed by atoms with Gasteiger partial charge in [-0.1, -0.05) is 0 Å². The van der Waals surface area contributed by atoms with E-state index in [0.717, 1.165) is 26.4 Å². The zero-order valence-corrected chi connectivity index (χ0v) is 13.2. The Morgan fingerprint density at radius 2 is 2.14 bits per heavy atom. The summed E-state index contributed by atoms with van der Waals surface area (Å²) in [5, 5.41) is 7.08. The highest BCUT2D eigenvalue weighted by Gasteiger charge is 2.08. The number of hydrogen-bond donors (Lipinski definition) is 1. The molecule has 3 aromatic rings. The van der Waals surface area contributed by atoms with Crippen LogP contribution in [0.25, 0.3) is 11.1 Å². The molecule has 1 N–H and O–H groups in total. The van der Waals surface area contributed by atoms with Crippen LogP contribution in [0.5, 0.6) is 0 Å². The van der Waals surface area contributed by atoms with Gasteiger partial charge in [0.25, 0.3) is 5.91 Å². The van der Waals surface area contributed by atoms with E-state index < -0.39 is 0 Å². The number of carbonyl (C=O) groups excluding carboxylic acids is 1. The van der Waals surface area contributed by atoms with Gasteiger partial charge in [0, 0.05) is 48.2 Å². The number of nitrogens with zero attached hydrogens (tertiary/aromatic N) is 3. The summed E-state index contributed by atoms with van der Waals surface area (Å²) in [6.45, 7) is 2.44. The monoisotopic (exact) mass is 312 g/mol. The van der Waals surface area contributed by atoms with Gasteiger partial charge >= 0.3 is 0 Å². The van der Waals surface area contributed by atoms with E-state index in [1.807, 2.05) is 38.4 Å². The van der Waals surface area contributed by atoms with Crippen molar-refractivity contribution in [2.45, 2.75) is 13.5 Å². The Hall–Kier alpha value is -2.47. The highest BCUT2D eigenvalue weighted by atomic mass is 32.1. The number of hydrogen-bond acceptors (Lipinski definition) is 4. The minimum Gasteiger partial charge on any atom is -0.347 e. The molecule has 3 aromatic heterocycles. The van der Waals surface area contributed by atoms with Crippen molar-refractivity contribution in [2.24, 2.45) is 7.05 Å². The van der Waals surface area contributed by atoms with Crippen LogP contribution in [0.1, 0.15) is 20.1 Å². The molecule has 0 saturated heterocycles. The second-order valence-corrected chi connectivity index (χ2v) is 6.37. The van der Waals surface area contributed by atoms with E-state index in [-0.39, 0.29) is 5.91 Å². The average Bonchev–Trinajstić information content (AvgIpc) is 3.14. The molecule has 6 heteroatoms. The molecule has 0 atom stereocenters. The Morgan fingerprint density at radius 3 is 2.82 bits per heavy atom. The molecule has 0 aliphatic rings. The minimum absolute atomic E-state index is 0.0510. The standard InChI is InChI=1S/C16H16N4OS/c1-11-3-4-15(22-11)16(21)18-7-12-5-13(8-17-6-12)14-9-19-20(2)10-14/h3-6,8-10H,7H2,1-2H3,(H,18,21). The second-order valence-electron chi connectivity index (χ2n) is 5.08. The first kappa shape index (κ1) is 14.5. The van der Waals surface area contributed by atoms with Crippen molar-refractivity contribution < 1.29 is 4.79 Å². The molecule has 0 spiro atoms. The largest absolute Gasteiger partial charge is 0.347 e. The zero-order chi connectivity index (χ0) is 15.5. The van der Waals surface area contributed by atoms with Crippen LogP contribution in [-0.4, -0.2) is 20.7 Å². The number of aromatic nitrogens is 3. The average molecular weight is 312 g/mol. The van der Waals surface area contributed by atoms with E-state index in [9.17, 15) is 4.79 Å². The first-order valence-corrected chi connectivity index (χ1v) is 7.71. The fourth-order valence-corrected chi connectivity index (χ4v) is 2.92. The molecular weight excluding hydrogens is 296 g/mol. The van der Waals surface area contributed by atoms with Crippen LogP contribution in [0.2, 0.25) is 0 Å². The van der Waals surface area contributed by atoms with Gasteiger partial charge in [-0.2, -0.15) is 5.10 Å². The number of pyridine rings is 1. The molecule has 5 nitrogen and oxygen atoms in total. The van der Waals surface area contributed by atoms with Gasteiger partial charge in [0.1, 0.15) is 0 Å².